The fourth-order valence-electron chi connectivity index (χ4n) is 2.41. The van der Waals surface area contributed by atoms with Crippen LogP contribution in [0.3, 0.4) is 0 Å². The first-order valence-electron chi connectivity index (χ1n) is 6.41. The highest BCUT2D eigenvalue weighted by Gasteiger charge is 2.27. The summed E-state index contributed by atoms with van der Waals surface area (Å²) in [5.41, 5.74) is 0. The Hall–Kier alpha value is -1.20. The molecule has 1 aliphatic heterocycles. The van der Waals surface area contributed by atoms with Gasteiger partial charge in [-0.05, 0) is 36.8 Å². The molecular formula is C13H17N3OS. The van der Waals surface area contributed by atoms with Crippen LogP contribution in [-0.4, -0.2) is 16.7 Å². The van der Waals surface area contributed by atoms with Crippen molar-refractivity contribution in [1.29, 1.82) is 0 Å². The van der Waals surface area contributed by atoms with Crippen molar-refractivity contribution in [2.75, 3.05) is 6.54 Å². The van der Waals surface area contributed by atoms with E-state index in [1.165, 1.54) is 17.7 Å². The Balaban J connectivity index is 1.72. The predicted molar refractivity (Wildman–Crippen MR) is 70.6 cm³/mol. The summed E-state index contributed by atoms with van der Waals surface area (Å²) in [6, 6.07) is 4.37. The molecular weight excluding hydrogens is 246 g/mol. The summed E-state index contributed by atoms with van der Waals surface area (Å²) < 4.78 is 5.40. The van der Waals surface area contributed by atoms with Gasteiger partial charge in [0.25, 0.3) is 0 Å². The molecule has 0 aliphatic carbocycles. The van der Waals surface area contributed by atoms with Crippen LogP contribution >= 0.6 is 11.3 Å². The molecule has 3 heterocycles. The van der Waals surface area contributed by atoms with Crippen LogP contribution in [0.25, 0.3) is 0 Å². The van der Waals surface area contributed by atoms with E-state index < -0.39 is 0 Å². The molecule has 0 saturated carbocycles. The molecule has 3 rings (SSSR count). The second-order valence-electron chi connectivity index (χ2n) is 4.86. The molecule has 1 aliphatic rings. The largest absolute Gasteiger partial charge is 0.338 e. The Labute approximate surface area is 110 Å². The lowest BCUT2D eigenvalue weighted by molar-refractivity contribution is 0.239. The van der Waals surface area contributed by atoms with Gasteiger partial charge in [-0.15, -0.1) is 11.3 Å². The minimum absolute atomic E-state index is 0.225. The third kappa shape index (κ3) is 2.47. The van der Waals surface area contributed by atoms with Crippen LogP contribution in [0.5, 0.6) is 0 Å². The molecule has 4 nitrogen and oxygen atoms in total. The van der Waals surface area contributed by atoms with E-state index in [0.29, 0.717) is 5.92 Å². The van der Waals surface area contributed by atoms with E-state index in [4.69, 9.17) is 4.52 Å². The van der Waals surface area contributed by atoms with Gasteiger partial charge in [0.05, 0.1) is 6.04 Å². The summed E-state index contributed by atoms with van der Waals surface area (Å²) in [4.78, 5) is 5.80. The molecule has 0 bridgehead atoms. The number of nitrogens with zero attached hydrogens (tertiary/aromatic N) is 2. The fraction of sp³-hybridized carbons (Fsp3) is 0.538. The van der Waals surface area contributed by atoms with E-state index in [0.717, 1.165) is 24.7 Å². The first-order chi connectivity index (χ1) is 8.83. The maximum atomic E-state index is 5.40. The summed E-state index contributed by atoms with van der Waals surface area (Å²) in [5.74, 6) is 2.09. The normalized spacial score (nSPS) is 24.3. The Morgan fingerprint density at radius 2 is 2.50 bits per heavy atom. The van der Waals surface area contributed by atoms with E-state index in [1.807, 2.05) is 6.07 Å². The third-order valence-electron chi connectivity index (χ3n) is 3.43. The van der Waals surface area contributed by atoms with Crippen LogP contribution in [-0.2, 0) is 6.42 Å². The SMILES string of the molecule is CC1CCCNC1c1nc(Cc2cccs2)no1. The monoisotopic (exact) mass is 263 g/mol. The lowest BCUT2D eigenvalue weighted by Gasteiger charge is -2.26. The highest BCUT2D eigenvalue weighted by molar-refractivity contribution is 7.09. The van der Waals surface area contributed by atoms with Gasteiger partial charge in [-0.25, -0.2) is 0 Å². The summed E-state index contributed by atoms with van der Waals surface area (Å²) in [6.07, 6.45) is 3.22. The maximum absolute atomic E-state index is 5.40. The zero-order valence-corrected chi connectivity index (χ0v) is 11.2. The number of hydrogen-bond acceptors (Lipinski definition) is 5. The highest BCUT2D eigenvalue weighted by Crippen LogP contribution is 2.27. The van der Waals surface area contributed by atoms with Crippen LogP contribution in [0.2, 0.25) is 0 Å². The van der Waals surface area contributed by atoms with Gasteiger partial charge in [0.2, 0.25) is 5.89 Å². The number of aromatic nitrogens is 2. The van der Waals surface area contributed by atoms with Crippen molar-refractivity contribution >= 4 is 11.3 Å². The lowest BCUT2D eigenvalue weighted by Crippen LogP contribution is -2.33. The first-order valence-corrected chi connectivity index (χ1v) is 7.29. The summed E-state index contributed by atoms with van der Waals surface area (Å²) >= 11 is 1.73. The van der Waals surface area contributed by atoms with Gasteiger partial charge >= 0.3 is 0 Å². The Bertz CT molecular complexity index is 494. The van der Waals surface area contributed by atoms with E-state index in [2.05, 4.69) is 33.8 Å². The number of thiophene rings is 1. The molecule has 0 radical (unpaired) electrons. The Morgan fingerprint density at radius 3 is 3.28 bits per heavy atom. The average molecular weight is 263 g/mol. The van der Waals surface area contributed by atoms with E-state index in [1.54, 1.807) is 11.3 Å². The molecule has 1 fully saturated rings. The fourth-order valence-corrected chi connectivity index (χ4v) is 3.12. The van der Waals surface area contributed by atoms with Gasteiger partial charge in [-0.2, -0.15) is 4.98 Å². The van der Waals surface area contributed by atoms with Crippen LogP contribution in [0, 0.1) is 5.92 Å². The summed E-state index contributed by atoms with van der Waals surface area (Å²) in [6.45, 7) is 3.28. The molecule has 1 saturated heterocycles. The number of hydrogen-bond donors (Lipinski definition) is 1. The predicted octanol–water partition coefficient (Wildman–Crippen LogP) is 2.78. The van der Waals surface area contributed by atoms with Gasteiger partial charge < -0.3 is 9.84 Å². The molecule has 0 spiro atoms. The van der Waals surface area contributed by atoms with E-state index in [-0.39, 0.29) is 6.04 Å². The van der Waals surface area contributed by atoms with Crippen molar-refractivity contribution in [3.05, 3.63) is 34.1 Å². The number of nitrogens with one attached hydrogen (secondary N) is 1. The van der Waals surface area contributed by atoms with Crippen molar-refractivity contribution in [3.63, 3.8) is 0 Å². The smallest absolute Gasteiger partial charge is 0.244 e. The second kappa shape index (κ2) is 5.20. The van der Waals surface area contributed by atoms with E-state index >= 15 is 0 Å². The molecule has 1 N–H and O–H groups in total. The Morgan fingerprint density at radius 1 is 1.56 bits per heavy atom. The molecule has 18 heavy (non-hydrogen) atoms. The first kappa shape index (κ1) is 11.9. The number of rotatable bonds is 3. The van der Waals surface area contributed by atoms with Gasteiger partial charge in [0, 0.05) is 11.3 Å². The van der Waals surface area contributed by atoms with Crippen LogP contribution < -0.4 is 5.32 Å². The third-order valence-corrected chi connectivity index (χ3v) is 4.31. The van der Waals surface area contributed by atoms with E-state index in [9.17, 15) is 0 Å². The van der Waals surface area contributed by atoms with Gasteiger partial charge in [0.15, 0.2) is 5.82 Å². The van der Waals surface area contributed by atoms with Crippen molar-refractivity contribution in [1.82, 2.24) is 15.5 Å². The van der Waals surface area contributed by atoms with Crippen LogP contribution in [0.1, 0.15) is 42.4 Å². The molecule has 0 aromatic carbocycles. The molecule has 2 aromatic rings. The standard InChI is InChI=1S/C13H17N3OS/c1-9-4-2-6-14-12(9)13-15-11(16-17-13)8-10-5-3-7-18-10/h3,5,7,9,12,14H,2,4,6,8H2,1H3. The maximum Gasteiger partial charge on any atom is 0.244 e. The quantitative estimate of drug-likeness (QED) is 0.925. The zero-order chi connectivity index (χ0) is 12.4. The Kier molecular flexibility index (Phi) is 3.43. The minimum Gasteiger partial charge on any atom is -0.338 e. The van der Waals surface area contributed by atoms with Crippen LogP contribution in [0.15, 0.2) is 22.0 Å². The van der Waals surface area contributed by atoms with Crippen LogP contribution in [0.4, 0.5) is 0 Å². The van der Waals surface area contributed by atoms with Gasteiger partial charge in [-0.3, -0.25) is 0 Å². The number of piperidine rings is 1. The van der Waals surface area contributed by atoms with Crippen molar-refractivity contribution in [2.45, 2.75) is 32.2 Å². The zero-order valence-electron chi connectivity index (χ0n) is 10.4. The molecule has 2 unspecified atom stereocenters. The topological polar surface area (TPSA) is 51.0 Å². The van der Waals surface area contributed by atoms with Gasteiger partial charge in [0.1, 0.15) is 0 Å². The molecule has 0 amide bonds. The summed E-state index contributed by atoms with van der Waals surface area (Å²) in [5, 5.41) is 9.62. The average Bonchev–Trinajstić information content (AvgIpc) is 3.02. The molecule has 96 valence electrons. The molecule has 2 aromatic heterocycles. The van der Waals surface area contributed by atoms with Crippen molar-refractivity contribution in [3.8, 4) is 0 Å². The minimum atomic E-state index is 0.225. The lowest BCUT2D eigenvalue weighted by atomic mass is 9.93. The van der Waals surface area contributed by atoms with Crippen molar-refractivity contribution < 1.29 is 4.52 Å². The molecule has 5 heteroatoms. The highest BCUT2D eigenvalue weighted by atomic mass is 32.1. The van der Waals surface area contributed by atoms with Crippen molar-refractivity contribution in [2.24, 2.45) is 5.92 Å². The summed E-state index contributed by atoms with van der Waals surface area (Å²) in [7, 11) is 0. The second-order valence-corrected chi connectivity index (χ2v) is 5.89. The molecule has 2 atom stereocenters. The van der Waals surface area contributed by atoms with Gasteiger partial charge in [-0.1, -0.05) is 18.1 Å².